The molecule has 3 heterocycles. The number of anilines is 1. The quantitative estimate of drug-likeness (QED) is 0.444. The van der Waals surface area contributed by atoms with Crippen LogP contribution in [0, 0.1) is 6.92 Å². The Kier molecular flexibility index (Phi) is 4.45. The van der Waals surface area contributed by atoms with E-state index in [1.165, 1.54) is 11.0 Å². The van der Waals surface area contributed by atoms with Crippen LogP contribution < -0.4 is 40.0 Å². The Balaban J connectivity index is 0.00000161. The van der Waals surface area contributed by atoms with Crippen molar-refractivity contribution >= 4 is 21.8 Å². The predicted octanol–water partition coefficient (Wildman–Crippen LogP) is -3.80. The van der Waals surface area contributed by atoms with Crippen LogP contribution in [0.5, 0.6) is 0 Å². The fourth-order valence-electron chi connectivity index (χ4n) is 2.39. The van der Waals surface area contributed by atoms with Gasteiger partial charge in [-0.2, -0.15) is 9.50 Å². The molecule has 1 atom stereocenters. The number of H-pyrrole nitrogens is 1. The Morgan fingerprint density at radius 1 is 1.43 bits per heavy atom. The molecule has 1 aliphatic heterocycles. The fourth-order valence-corrected chi connectivity index (χ4v) is 3.36. The minimum absolute atomic E-state index is 0. The van der Waals surface area contributed by atoms with Crippen LogP contribution in [0.25, 0.3) is 5.78 Å². The second kappa shape index (κ2) is 5.69. The number of rotatable bonds is 2. The van der Waals surface area contributed by atoms with E-state index in [0.29, 0.717) is 18.7 Å². The Hall–Kier alpha value is -0.940. The number of aromatic amines is 1. The Morgan fingerprint density at radius 3 is 2.81 bits per heavy atom. The van der Waals surface area contributed by atoms with Gasteiger partial charge in [0.15, 0.2) is 0 Å². The van der Waals surface area contributed by atoms with Gasteiger partial charge in [-0.3, -0.25) is 9.89 Å². The van der Waals surface area contributed by atoms with Crippen molar-refractivity contribution in [3.05, 3.63) is 22.1 Å². The van der Waals surface area contributed by atoms with Crippen molar-refractivity contribution in [2.75, 3.05) is 11.4 Å². The SMILES string of the molecule is Cc1cc(=O)n2[nH]c(N3CCCC3S(=O)(=O)[O-])nc2n1.[Na+]. The van der Waals surface area contributed by atoms with E-state index in [1.807, 2.05) is 0 Å². The van der Waals surface area contributed by atoms with Crippen molar-refractivity contribution in [1.29, 1.82) is 0 Å². The maximum absolute atomic E-state index is 11.8. The van der Waals surface area contributed by atoms with E-state index in [4.69, 9.17) is 0 Å². The van der Waals surface area contributed by atoms with Crippen molar-refractivity contribution < 1.29 is 42.5 Å². The van der Waals surface area contributed by atoms with Gasteiger partial charge < -0.3 is 9.45 Å². The first-order valence-electron chi connectivity index (χ1n) is 6.04. The van der Waals surface area contributed by atoms with Crippen LogP contribution in [0.1, 0.15) is 18.5 Å². The number of aromatic nitrogens is 4. The van der Waals surface area contributed by atoms with Gasteiger partial charge in [-0.25, -0.2) is 13.4 Å². The van der Waals surface area contributed by atoms with Crippen LogP contribution in [-0.2, 0) is 10.1 Å². The van der Waals surface area contributed by atoms with Gasteiger partial charge in [-0.1, -0.05) is 0 Å². The zero-order valence-corrected chi connectivity index (χ0v) is 14.4. The molecule has 9 nitrogen and oxygen atoms in total. The second-order valence-corrected chi connectivity index (χ2v) is 6.23. The summed E-state index contributed by atoms with van der Waals surface area (Å²) in [6, 6.07) is 1.33. The van der Waals surface area contributed by atoms with E-state index >= 15 is 0 Å². The number of aryl methyl sites for hydroxylation is 1. The molecule has 0 saturated carbocycles. The molecule has 0 amide bonds. The smallest absolute Gasteiger partial charge is 0.746 e. The third-order valence-corrected chi connectivity index (χ3v) is 4.41. The molecular weight excluding hydrogens is 309 g/mol. The van der Waals surface area contributed by atoms with Crippen LogP contribution in [0.15, 0.2) is 10.9 Å². The molecule has 11 heteroatoms. The van der Waals surface area contributed by atoms with E-state index < -0.39 is 15.5 Å². The number of nitrogens with one attached hydrogen (secondary N) is 1. The van der Waals surface area contributed by atoms with Gasteiger partial charge in [0.25, 0.3) is 11.3 Å². The van der Waals surface area contributed by atoms with Crippen molar-refractivity contribution in [2.24, 2.45) is 0 Å². The summed E-state index contributed by atoms with van der Waals surface area (Å²) >= 11 is 0. The topological polar surface area (TPSA) is 123 Å². The monoisotopic (exact) mass is 321 g/mol. The van der Waals surface area contributed by atoms with Crippen LogP contribution in [-0.4, -0.2) is 44.5 Å². The number of hydrogen-bond donors (Lipinski definition) is 1. The second-order valence-electron chi connectivity index (χ2n) is 4.70. The molecule has 0 aliphatic carbocycles. The third-order valence-electron chi connectivity index (χ3n) is 3.25. The maximum Gasteiger partial charge on any atom is 1.00 e. The van der Waals surface area contributed by atoms with E-state index in [9.17, 15) is 17.8 Å². The van der Waals surface area contributed by atoms with Gasteiger partial charge in [0, 0.05) is 18.3 Å². The molecule has 0 bridgehead atoms. The van der Waals surface area contributed by atoms with Gasteiger partial charge in [0.05, 0.1) is 0 Å². The van der Waals surface area contributed by atoms with Gasteiger partial charge >= 0.3 is 29.6 Å². The summed E-state index contributed by atoms with van der Waals surface area (Å²) in [6.07, 6.45) is 0.828. The normalized spacial score (nSPS) is 19.0. The van der Waals surface area contributed by atoms with Crippen molar-refractivity contribution in [3.8, 4) is 0 Å². The molecule has 1 saturated heterocycles. The molecule has 1 aliphatic rings. The van der Waals surface area contributed by atoms with Crippen LogP contribution in [0.2, 0.25) is 0 Å². The summed E-state index contributed by atoms with van der Waals surface area (Å²) in [6.45, 7) is 2.05. The number of fused-ring (bicyclic) bond motifs is 1. The van der Waals surface area contributed by atoms with Crippen LogP contribution in [0.4, 0.5) is 5.95 Å². The van der Waals surface area contributed by atoms with E-state index in [2.05, 4.69) is 15.1 Å². The zero-order valence-electron chi connectivity index (χ0n) is 11.6. The molecule has 1 fully saturated rings. The average molecular weight is 321 g/mol. The van der Waals surface area contributed by atoms with Gasteiger partial charge in [-0.15, -0.1) is 0 Å². The predicted molar refractivity (Wildman–Crippen MR) is 68.4 cm³/mol. The molecule has 2 aromatic rings. The first kappa shape index (κ1) is 16.4. The summed E-state index contributed by atoms with van der Waals surface area (Å²) in [5, 5.41) is 1.54. The number of hydrogen-bond acceptors (Lipinski definition) is 7. The fraction of sp³-hybridized carbons (Fsp3) is 0.500. The first-order chi connectivity index (χ1) is 9.36. The van der Waals surface area contributed by atoms with Gasteiger partial charge in [-0.05, 0) is 19.8 Å². The summed E-state index contributed by atoms with van der Waals surface area (Å²) in [7, 11) is -4.45. The van der Waals surface area contributed by atoms with Gasteiger partial charge in [0.1, 0.15) is 15.5 Å². The molecule has 2 aromatic heterocycles. The van der Waals surface area contributed by atoms with Crippen molar-refractivity contribution in [1.82, 2.24) is 19.6 Å². The minimum atomic E-state index is -4.45. The largest absolute Gasteiger partial charge is 1.00 e. The molecule has 21 heavy (non-hydrogen) atoms. The molecule has 3 rings (SSSR count). The van der Waals surface area contributed by atoms with Crippen molar-refractivity contribution in [2.45, 2.75) is 25.1 Å². The van der Waals surface area contributed by atoms with Crippen molar-refractivity contribution in [3.63, 3.8) is 0 Å². The Labute approximate surface area is 142 Å². The average Bonchev–Trinajstić information content (AvgIpc) is 2.91. The number of nitrogens with zero attached hydrogens (tertiary/aromatic N) is 4. The Bertz CT molecular complexity index is 830. The molecule has 108 valence electrons. The minimum Gasteiger partial charge on any atom is -0.746 e. The van der Waals surface area contributed by atoms with E-state index in [-0.39, 0.29) is 53.3 Å². The van der Waals surface area contributed by atoms with E-state index in [0.717, 1.165) is 4.52 Å². The molecule has 0 spiro atoms. The summed E-state index contributed by atoms with van der Waals surface area (Å²) in [5.74, 6) is 0.320. The summed E-state index contributed by atoms with van der Waals surface area (Å²) < 4.78 is 34.8. The standard InChI is InChI=1S/C10H13N5O4S.Na/c1-6-5-7(16)15-9(11-6)12-10(13-15)14-4-2-3-8(14)20(17,18)19;/h5,8H,2-4H2,1H3,(H,11,12,13)(H,17,18,19);/q;+1/p-1. The van der Waals surface area contributed by atoms with Crippen LogP contribution in [0.3, 0.4) is 0 Å². The molecule has 0 aromatic carbocycles. The zero-order chi connectivity index (χ0) is 14.5. The first-order valence-corrected chi connectivity index (χ1v) is 7.51. The molecular formula is C10H12N5NaO4S. The molecule has 1 N–H and O–H groups in total. The summed E-state index contributed by atoms with van der Waals surface area (Å²) in [4.78, 5) is 21.3. The maximum atomic E-state index is 11.8. The molecule has 0 radical (unpaired) electrons. The van der Waals surface area contributed by atoms with E-state index in [1.54, 1.807) is 6.92 Å². The van der Waals surface area contributed by atoms with Gasteiger partial charge in [0.2, 0.25) is 5.95 Å². The van der Waals surface area contributed by atoms with Crippen LogP contribution >= 0.6 is 0 Å². The molecule has 1 unspecified atom stereocenters. The Morgan fingerprint density at radius 2 is 2.14 bits per heavy atom. The summed E-state index contributed by atoms with van der Waals surface area (Å²) in [5.41, 5.74) is 0.175. The third kappa shape index (κ3) is 2.99.